The molecule has 0 aromatic heterocycles. The van der Waals surface area contributed by atoms with Gasteiger partial charge in [0.05, 0.1) is 0 Å². The van der Waals surface area contributed by atoms with E-state index in [0.717, 1.165) is 111 Å². The predicted octanol–water partition coefficient (Wildman–Crippen LogP) is 14.5. The first-order valence-corrected chi connectivity index (χ1v) is 23.2. The van der Waals surface area contributed by atoms with Crippen LogP contribution in [0, 0.1) is 90.0 Å². The molecule has 0 heterocycles. The summed E-state index contributed by atoms with van der Waals surface area (Å²) in [7, 11) is 0. The average Bonchev–Trinajstić information content (AvgIpc) is 3.27. The van der Waals surface area contributed by atoms with Crippen molar-refractivity contribution in [3.05, 3.63) is 208 Å². The van der Waals surface area contributed by atoms with Crippen molar-refractivity contribution >= 4 is 0 Å². The van der Waals surface area contributed by atoms with Crippen LogP contribution in [0.5, 0.6) is 34.5 Å². The smallest absolute Gasteiger partial charge is 0.121 e. The Morgan fingerprint density at radius 3 is 0.687 bits per heavy atom. The second kappa shape index (κ2) is 18.6. The van der Waals surface area contributed by atoms with Crippen molar-refractivity contribution in [1.82, 2.24) is 0 Å². The lowest BCUT2D eigenvalue weighted by molar-refractivity contribution is 0.464. The topological polar surface area (TPSA) is 121 Å². The summed E-state index contributed by atoms with van der Waals surface area (Å²) in [5, 5.41) is 64.2. The Balaban J connectivity index is 0.000000656. The highest BCUT2D eigenvalue weighted by molar-refractivity contribution is 5.63. The largest absolute Gasteiger partial charge is 0.507 e. The molecule has 67 heavy (non-hydrogen) atoms. The van der Waals surface area contributed by atoms with Crippen LogP contribution in [0.3, 0.4) is 0 Å². The molecular weight excluding hydrogens is 829 g/mol. The zero-order valence-corrected chi connectivity index (χ0v) is 42.4. The predicted molar refractivity (Wildman–Crippen MR) is 275 cm³/mol. The van der Waals surface area contributed by atoms with Crippen molar-refractivity contribution in [2.45, 2.75) is 128 Å². The van der Waals surface area contributed by atoms with Crippen LogP contribution in [0.15, 0.2) is 91.0 Å². The van der Waals surface area contributed by atoms with Gasteiger partial charge < -0.3 is 30.6 Å². The number of phenols is 6. The van der Waals surface area contributed by atoms with Crippen LogP contribution in [-0.4, -0.2) is 30.6 Å². The maximum absolute atomic E-state index is 11.0. The Hall–Kier alpha value is -6.66. The minimum absolute atomic E-state index is 0.0895. The highest BCUT2D eigenvalue weighted by Crippen LogP contribution is 2.49. The summed E-state index contributed by atoms with van der Waals surface area (Å²) in [5.41, 5.74) is 17.6. The highest BCUT2D eigenvalue weighted by Gasteiger charge is 2.38. The molecule has 0 saturated carbocycles. The molecular formula is C61H70O6. The second-order valence-electron chi connectivity index (χ2n) is 19.9. The minimum Gasteiger partial charge on any atom is -0.507 e. The average molecular weight is 899 g/mol. The van der Waals surface area contributed by atoms with Crippen LogP contribution in [-0.2, 0) is 10.8 Å². The minimum atomic E-state index is -0.778. The highest BCUT2D eigenvalue weighted by atomic mass is 16.3. The van der Waals surface area contributed by atoms with E-state index in [9.17, 15) is 30.6 Å². The van der Waals surface area contributed by atoms with E-state index in [4.69, 9.17) is 0 Å². The fraction of sp³-hybridized carbons (Fsp3) is 0.311. The standard InChI is InChI=1S/C52H58O5.C9H12O/c1-27-14-38(15-28(2)46(27)53)37(11)39-24-44(51(12,40-16-29(3)47(54)30(4)17-40)41-18-31(5)48(55)32(6)19-41)26-45(25-39)52(13,42-20-33(7)49(56)34(8)21-42)43-22-35(9)50(57)36(10)23-43;1-6-4-7(2)9(10)8(3)5-6/h14-26,37,53-57H,1-13H3;4-5,10H,1-3H3. The van der Waals surface area contributed by atoms with E-state index in [2.05, 4.69) is 99.6 Å². The molecule has 7 aromatic carbocycles. The molecule has 6 nitrogen and oxygen atoms in total. The third-order valence-electron chi connectivity index (χ3n) is 14.5. The van der Waals surface area contributed by atoms with Gasteiger partial charge in [-0.05, 0) is 215 Å². The lowest BCUT2D eigenvalue weighted by Gasteiger charge is -2.38. The lowest BCUT2D eigenvalue weighted by Crippen LogP contribution is -2.30. The molecule has 0 amide bonds. The van der Waals surface area contributed by atoms with Gasteiger partial charge in [-0.2, -0.15) is 0 Å². The van der Waals surface area contributed by atoms with Crippen LogP contribution >= 0.6 is 0 Å². The van der Waals surface area contributed by atoms with Gasteiger partial charge in [0.1, 0.15) is 34.5 Å². The number of phenolic OH excluding ortho intramolecular Hbond substituents is 6. The first-order chi connectivity index (χ1) is 31.2. The summed E-state index contributed by atoms with van der Waals surface area (Å²) < 4.78 is 0. The van der Waals surface area contributed by atoms with E-state index in [1.165, 1.54) is 5.56 Å². The molecule has 0 saturated heterocycles. The molecule has 0 aliphatic carbocycles. The maximum Gasteiger partial charge on any atom is 0.121 e. The molecule has 6 heteroatoms. The quantitative estimate of drug-likeness (QED) is 0.0845. The number of benzene rings is 7. The fourth-order valence-corrected chi connectivity index (χ4v) is 10.1. The Labute approximate surface area is 398 Å². The van der Waals surface area contributed by atoms with Crippen molar-refractivity contribution in [3.8, 4) is 34.5 Å². The third kappa shape index (κ3) is 9.24. The van der Waals surface area contributed by atoms with Gasteiger partial charge in [-0.3, -0.25) is 0 Å². The van der Waals surface area contributed by atoms with E-state index in [1.54, 1.807) is 0 Å². The van der Waals surface area contributed by atoms with E-state index in [1.807, 2.05) is 102 Å². The van der Waals surface area contributed by atoms with Gasteiger partial charge in [0.15, 0.2) is 0 Å². The van der Waals surface area contributed by atoms with Crippen LogP contribution in [0.1, 0.15) is 144 Å². The Kier molecular flexibility index (Phi) is 13.8. The van der Waals surface area contributed by atoms with E-state index in [-0.39, 0.29) is 28.9 Å². The fourth-order valence-electron chi connectivity index (χ4n) is 10.1. The van der Waals surface area contributed by atoms with Crippen molar-refractivity contribution < 1.29 is 30.6 Å². The molecule has 1 atom stereocenters. The number of rotatable bonds is 8. The molecule has 0 spiro atoms. The molecule has 0 bridgehead atoms. The molecule has 7 aromatic rings. The Morgan fingerprint density at radius 2 is 0.448 bits per heavy atom. The van der Waals surface area contributed by atoms with Crippen molar-refractivity contribution in [2.24, 2.45) is 0 Å². The Morgan fingerprint density at radius 1 is 0.269 bits per heavy atom. The lowest BCUT2D eigenvalue weighted by atomic mass is 9.65. The monoisotopic (exact) mass is 899 g/mol. The zero-order chi connectivity index (χ0) is 49.8. The maximum atomic E-state index is 11.0. The summed E-state index contributed by atoms with van der Waals surface area (Å²) in [6.07, 6.45) is 0. The summed E-state index contributed by atoms with van der Waals surface area (Å²) in [6.45, 7) is 31.8. The van der Waals surface area contributed by atoms with Gasteiger partial charge in [0.2, 0.25) is 0 Å². The van der Waals surface area contributed by atoms with Gasteiger partial charge in [-0.15, -0.1) is 0 Å². The first-order valence-electron chi connectivity index (χ1n) is 23.2. The van der Waals surface area contributed by atoms with Crippen LogP contribution in [0.2, 0.25) is 0 Å². The normalized spacial score (nSPS) is 12.2. The first kappa shape index (κ1) is 49.8. The molecule has 0 aliphatic rings. The summed E-state index contributed by atoms with van der Waals surface area (Å²) in [4.78, 5) is 0. The number of aromatic hydroxyl groups is 6. The van der Waals surface area contributed by atoms with E-state index < -0.39 is 10.8 Å². The zero-order valence-electron chi connectivity index (χ0n) is 42.4. The van der Waals surface area contributed by atoms with Crippen molar-refractivity contribution in [3.63, 3.8) is 0 Å². The van der Waals surface area contributed by atoms with Crippen LogP contribution in [0.25, 0.3) is 0 Å². The van der Waals surface area contributed by atoms with Gasteiger partial charge in [-0.1, -0.05) is 103 Å². The van der Waals surface area contributed by atoms with E-state index >= 15 is 0 Å². The molecule has 7 rings (SSSR count). The summed E-state index contributed by atoms with van der Waals surface area (Å²) in [5.74, 6) is 1.70. The van der Waals surface area contributed by atoms with Crippen molar-refractivity contribution in [1.29, 1.82) is 0 Å². The van der Waals surface area contributed by atoms with Crippen molar-refractivity contribution in [2.75, 3.05) is 0 Å². The third-order valence-corrected chi connectivity index (χ3v) is 14.5. The Bertz CT molecular complexity index is 2660. The molecule has 6 N–H and O–H groups in total. The van der Waals surface area contributed by atoms with Crippen LogP contribution < -0.4 is 0 Å². The molecule has 350 valence electrons. The summed E-state index contributed by atoms with van der Waals surface area (Å²) >= 11 is 0. The molecule has 0 fully saturated rings. The van der Waals surface area contributed by atoms with Gasteiger partial charge in [0.25, 0.3) is 0 Å². The number of hydrogen-bond acceptors (Lipinski definition) is 6. The summed E-state index contributed by atoms with van der Waals surface area (Å²) in [6, 6.07) is 31.5. The van der Waals surface area contributed by atoms with Gasteiger partial charge >= 0.3 is 0 Å². The second-order valence-corrected chi connectivity index (χ2v) is 19.9. The number of hydrogen-bond donors (Lipinski definition) is 6. The molecule has 0 radical (unpaired) electrons. The van der Waals surface area contributed by atoms with Gasteiger partial charge in [-0.25, -0.2) is 0 Å². The van der Waals surface area contributed by atoms with E-state index in [0.29, 0.717) is 11.5 Å². The SMILES string of the molecule is Cc1cc(C(C)c2cc(C(C)(c3cc(C)c(O)c(C)c3)c3cc(C)c(O)c(C)c3)cc(C(C)(c3cc(C)c(O)c(C)c3)c3cc(C)c(O)c(C)c3)c2)cc(C)c1O.Cc1cc(C)c(O)c(C)c1. The number of aryl methyl sites for hydroxylation is 13. The van der Waals surface area contributed by atoms with Crippen LogP contribution in [0.4, 0.5) is 0 Å². The molecule has 0 aliphatic heterocycles. The molecule has 1 unspecified atom stereocenters. The van der Waals surface area contributed by atoms with Gasteiger partial charge in [0, 0.05) is 16.7 Å².